The zero-order valence-corrected chi connectivity index (χ0v) is 9.97. The van der Waals surface area contributed by atoms with E-state index in [1.54, 1.807) is 13.2 Å². The maximum atomic E-state index is 11.5. The lowest BCUT2D eigenvalue weighted by molar-refractivity contribution is -0.137. The highest BCUT2D eigenvalue weighted by Crippen LogP contribution is 2.13. The number of carbonyl (C=O) groups excluding carboxylic acids is 2. The van der Waals surface area contributed by atoms with Gasteiger partial charge in [0, 0.05) is 40.5 Å². The van der Waals surface area contributed by atoms with Gasteiger partial charge in [0.15, 0.2) is 0 Å². The molecule has 0 saturated heterocycles. The molecule has 0 aromatic carbocycles. The van der Waals surface area contributed by atoms with Gasteiger partial charge in [-0.3, -0.25) is 18.7 Å². The van der Waals surface area contributed by atoms with Crippen molar-refractivity contribution in [2.45, 2.75) is 25.5 Å². The molecular weight excluding hydrogens is 214 g/mol. The Bertz CT molecular complexity index is 349. The molecular formula is C10H15NO3S. The summed E-state index contributed by atoms with van der Waals surface area (Å²) >= 11 is 0. The third-order valence-electron chi connectivity index (χ3n) is 2.51. The lowest BCUT2D eigenvalue weighted by atomic mass is 10.3. The third-order valence-corrected chi connectivity index (χ3v) is 3.88. The molecule has 0 aliphatic carbocycles. The highest BCUT2D eigenvalue weighted by Gasteiger charge is 2.28. The van der Waals surface area contributed by atoms with E-state index >= 15 is 0 Å². The summed E-state index contributed by atoms with van der Waals surface area (Å²) in [6.07, 6.45) is 3.55. The molecule has 1 aliphatic heterocycles. The molecule has 15 heavy (non-hydrogen) atoms. The van der Waals surface area contributed by atoms with Crippen LogP contribution in [0, 0.1) is 0 Å². The lowest BCUT2D eigenvalue weighted by Gasteiger charge is -2.16. The Labute approximate surface area is 91.8 Å². The van der Waals surface area contributed by atoms with Gasteiger partial charge in [0.25, 0.3) is 11.8 Å². The summed E-state index contributed by atoms with van der Waals surface area (Å²) in [7, 11) is -0.908. The molecule has 4 nitrogen and oxygen atoms in total. The highest BCUT2D eigenvalue weighted by molar-refractivity contribution is 7.84. The first-order valence-electron chi connectivity index (χ1n) is 4.80. The van der Waals surface area contributed by atoms with Gasteiger partial charge < -0.3 is 0 Å². The minimum absolute atomic E-state index is 0.00602. The number of hydrogen-bond acceptors (Lipinski definition) is 3. The van der Waals surface area contributed by atoms with E-state index in [1.807, 2.05) is 6.92 Å². The molecule has 84 valence electrons. The summed E-state index contributed by atoms with van der Waals surface area (Å²) in [5, 5.41) is 0.00602. The standard InChI is InChI=1S/C10H15NO3S/c1-7-6-9(12)11(10(7)13)5-4-8(2)15(3)14/h6,8H,4-5H2,1-3H3. The maximum Gasteiger partial charge on any atom is 0.256 e. The smallest absolute Gasteiger partial charge is 0.256 e. The second kappa shape index (κ2) is 4.70. The van der Waals surface area contributed by atoms with E-state index in [9.17, 15) is 13.8 Å². The van der Waals surface area contributed by atoms with Gasteiger partial charge in [-0.15, -0.1) is 0 Å². The number of amides is 2. The summed E-state index contributed by atoms with van der Waals surface area (Å²) in [5.74, 6) is -0.485. The molecule has 0 bridgehead atoms. The van der Waals surface area contributed by atoms with Crippen LogP contribution in [0.15, 0.2) is 11.6 Å². The largest absolute Gasteiger partial charge is 0.275 e. The monoisotopic (exact) mass is 229 g/mol. The summed E-state index contributed by atoms with van der Waals surface area (Å²) in [6, 6.07) is 0. The van der Waals surface area contributed by atoms with Crippen LogP contribution in [0.1, 0.15) is 20.3 Å². The molecule has 0 fully saturated rings. The number of imide groups is 1. The number of hydrogen-bond donors (Lipinski definition) is 0. The fourth-order valence-electron chi connectivity index (χ4n) is 1.33. The molecule has 0 saturated carbocycles. The van der Waals surface area contributed by atoms with Crippen molar-refractivity contribution in [3.8, 4) is 0 Å². The van der Waals surface area contributed by atoms with E-state index in [4.69, 9.17) is 0 Å². The van der Waals surface area contributed by atoms with Crippen LogP contribution in [0.25, 0.3) is 0 Å². The molecule has 0 aromatic heterocycles. The van der Waals surface area contributed by atoms with Crippen molar-refractivity contribution in [2.75, 3.05) is 12.8 Å². The van der Waals surface area contributed by atoms with Crippen molar-refractivity contribution in [1.82, 2.24) is 4.90 Å². The van der Waals surface area contributed by atoms with Gasteiger partial charge in [-0.1, -0.05) is 6.92 Å². The van der Waals surface area contributed by atoms with E-state index in [-0.39, 0.29) is 17.1 Å². The van der Waals surface area contributed by atoms with Gasteiger partial charge in [-0.2, -0.15) is 0 Å². The predicted molar refractivity (Wildman–Crippen MR) is 58.6 cm³/mol. The number of carbonyl (C=O) groups is 2. The molecule has 0 spiro atoms. The SMILES string of the molecule is CC1=CC(=O)N(CCC(C)S(C)=O)C1=O. The van der Waals surface area contributed by atoms with Crippen molar-refractivity contribution in [3.63, 3.8) is 0 Å². The first kappa shape index (κ1) is 12.1. The van der Waals surface area contributed by atoms with E-state index in [0.29, 0.717) is 18.5 Å². The van der Waals surface area contributed by atoms with Crippen LogP contribution in [0.5, 0.6) is 0 Å². The lowest BCUT2D eigenvalue weighted by Crippen LogP contribution is -2.33. The van der Waals surface area contributed by atoms with Crippen LogP contribution >= 0.6 is 0 Å². The van der Waals surface area contributed by atoms with Crippen LogP contribution in [0.2, 0.25) is 0 Å². The van der Waals surface area contributed by atoms with E-state index in [2.05, 4.69) is 0 Å². The second-order valence-electron chi connectivity index (χ2n) is 3.72. The molecule has 2 unspecified atom stereocenters. The van der Waals surface area contributed by atoms with Crippen LogP contribution < -0.4 is 0 Å². The average molecular weight is 229 g/mol. The van der Waals surface area contributed by atoms with Gasteiger partial charge >= 0.3 is 0 Å². The molecule has 5 heteroatoms. The van der Waals surface area contributed by atoms with Gasteiger partial charge in [0.05, 0.1) is 0 Å². The molecule has 0 radical (unpaired) electrons. The predicted octanol–water partition coefficient (Wildman–Crippen LogP) is 0.459. The normalized spacial score (nSPS) is 20.5. The Hall–Kier alpha value is -0.970. The van der Waals surface area contributed by atoms with Crippen molar-refractivity contribution in [1.29, 1.82) is 0 Å². The van der Waals surface area contributed by atoms with E-state index in [0.717, 1.165) is 0 Å². The fraction of sp³-hybridized carbons (Fsp3) is 0.600. The molecule has 0 aromatic rings. The minimum atomic E-state index is -0.908. The number of rotatable bonds is 4. The Morgan fingerprint density at radius 2 is 2.07 bits per heavy atom. The summed E-state index contributed by atoms with van der Waals surface area (Å²) in [4.78, 5) is 24.0. The molecule has 1 rings (SSSR count). The van der Waals surface area contributed by atoms with E-state index < -0.39 is 10.8 Å². The topological polar surface area (TPSA) is 54.5 Å². The van der Waals surface area contributed by atoms with Gasteiger partial charge in [-0.05, 0) is 13.3 Å². The van der Waals surface area contributed by atoms with Crippen molar-refractivity contribution >= 4 is 22.6 Å². The Balaban J connectivity index is 2.51. The second-order valence-corrected chi connectivity index (χ2v) is 5.52. The summed E-state index contributed by atoms with van der Waals surface area (Å²) < 4.78 is 11.1. The average Bonchev–Trinajstić information content (AvgIpc) is 2.38. The number of nitrogens with zero attached hydrogens (tertiary/aromatic N) is 1. The molecule has 1 aliphatic rings. The Kier molecular flexibility index (Phi) is 3.79. The van der Waals surface area contributed by atoms with Crippen LogP contribution in [-0.2, 0) is 20.4 Å². The Morgan fingerprint density at radius 1 is 1.47 bits per heavy atom. The van der Waals surface area contributed by atoms with Crippen molar-refractivity contribution < 1.29 is 13.8 Å². The first-order chi connectivity index (χ1) is 6.93. The van der Waals surface area contributed by atoms with Crippen molar-refractivity contribution in [3.05, 3.63) is 11.6 Å². The van der Waals surface area contributed by atoms with Gasteiger partial charge in [0.1, 0.15) is 0 Å². The fourth-order valence-corrected chi connectivity index (χ4v) is 1.76. The maximum absolute atomic E-state index is 11.5. The van der Waals surface area contributed by atoms with Crippen LogP contribution in [0.3, 0.4) is 0 Å². The van der Waals surface area contributed by atoms with Gasteiger partial charge in [-0.25, -0.2) is 0 Å². The third kappa shape index (κ3) is 2.75. The Morgan fingerprint density at radius 3 is 2.47 bits per heavy atom. The molecule has 1 heterocycles. The first-order valence-corrected chi connectivity index (χ1v) is 6.42. The zero-order valence-electron chi connectivity index (χ0n) is 9.15. The zero-order chi connectivity index (χ0) is 11.6. The summed E-state index contributed by atoms with van der Waals surface area (Å²) in [6.45, 7) is 3.83. The van der Waals surface area contributed by atoms with Gasteiger partial charge in [0.2, 0.25) is 0 Å². The molecule has 2 amide bonds. The van der Waals surface area contributed by atoms with E-state index in [1.165, 1.54) is 11.0 Å². The highest BCUT2D eigenvalue weighted by atomic mass is 32.2. The van der Waals surface area contributed by atoms with Crippen molar-refractivity contribution in [2.24, 2.45) is 0 Å². The quantitative estimate of drug-likeness (QED) is 0.658. The minimum Gasteiger partial charge on any atom is -0.275 e. The van der Waals surface area contributed by atoms with Crippen LogP contribution in [-0.4, -0.2) is 39.0 Å². The summed E-state index contributed by atoms with van der Waals surface area (Å²) in [5.41, 5.74) is 0.477. The van der Waals surface area contributed by atoms with Crippen LogP contribution in [0.4, 0.5) is 0 Å². The molecule has 0 N–H and O–H groups in total. The molecule has 2 atom stereocenters.